The predicted octanol–water partition coefficient (Wildman–Crippen LogP) is 5.52. The van der Waals surface area contributed by atoms with Crippen LogP contribution in [-0.4, -0.2) is 56.1 Å². The van der Waals surface area contributed by atoms with Crippen LogP contribution < -0.4 is 16.0 Å². The van der Waals surface area contributed by atoms with Crippen LogP contribution in [0.2, 0.25) is 5.02 Å². The zero-order valence-corrected chi connectivity index (χ0v) is 25.4. The fourth-order valence-corrected chi connectivity index (χ4v) is 4.64. The van der Waals surface area contributed by atoms with Crippen molar-refractivity contribution in [3.63, 3.8) is 0 Å². The van der Waals surface area contributed by atoms with Gasteiger partial charge in [0.05, 0.1) is 29.8 Å². The lowest BCUT2D eigenvalue weighted by Gasteiger charge is -2.35. The maximum Gasteiger partial charge on any atom is 0.437 e. The van der Waals surface area contributed by atoms with E-state index in [9.17, 15) is 14.4 Å². The molecule has 2 aromatic rings. The summed E-state index contributed by atoms with van der Waals surface area (Å²) in [5, 5.41) is 9.30. The fraction of sp³-hybridized carbons (Fsp3) is 0.467. The number of carbonyl (C=O) groups excluding carboxylic acids is 3. The molecule has 228 valence electrons. The summed E-state index contributed by atoms with van der Waals surface area (Å²) in [6, 6.07) is 14.2. The van der Waals surface area contributed by atoms with E-state index in [1.807, 2.05) is 30.3 Å². The number of carbonyl (C=O) groups is 3. The molecule has 2 amide bonds. The highest BCUT2D eigenvalue weighted by atomic mass is 35.5. The average molecular weight is 603 g/mol. The summed E-state index contributed by atoms with van der Waals surface area (Å²) in [5.74, 6) is -0.441. The summed E-state index contributed by atoms with van der Waals surface area (Å²) >= 11 is 6.82. The highest BCUT2D eigenvalue weighted by molar-refractivity contribution is 6.34. The maximum absolute atomic E-state index is 12.7. The molecule has 3 N–H and O–H groups in total. The number of halogens is 1. The topological polar surface area (TPSA) is 137 Å². The lowest BCUT2D eigenvalue weighted by molar-refractivity contribution is -0.142. The number of nitrogens with zero attached hydrogens (tertiary/aromatic N) is 1. The Morgan fingerprint density at radius 1 is 1.02 bits per heavy atom. The molecule has 12 heteroatoms. The second-order valence-electron chi connectivity index (χ2n) is 11.0. The number of benzene rings is 2. The molecule has 1 saturated heterocycles. The molecule has 0 spiro atoms. The van der Waals surface area contributed by atoms with Crippen LogP contribution in [0.25, 0.3) is 0 Å². The van der Waals surface area contributed by atoms with Gasteiger partial charge in [0.15, 0.2) is 0 Å². The number of nitrogens with one attached hydrogen (secondary N) is 3. The molecule has 2 aromatic carbocycles. The van der Waals surface area contributed by atoms with E-state index in [0.717, 1.165) is 5.56 Å². The van der Waals surface area contributed by atoms with Crippen molar-refractivity contribution in [3.05, 3.63) is 64.7 Å². The van der Waals surface area contributed by atoms with Gasteiger partial charge in [0.25, 0.3) is 0 Å². The van der Waals surface area contributed by atoms with Crippen molar-refractivity contribution in [2.45, 2.75) is 70.7 Å². The molecule has 3 rings (SSSR count). The quantitative estimate of drug-likeness (QED) is 0.154. The second kappa shape index (κ2) is 14.9. The monoisotopic (exact) mass is 602 g/mol. The molecule has 1 heterocycles. The van der Waals surface area contributed by atoms with E-state index in [0.29, 0.717) is 31.6 Å². The van der Waals surface area contributed by atoms with Crippen LogP contribution in [0.4, 0.5) is 15.3 Å². The molecule has 1 fully saturated rings. The highest BCUT2D eigenvalue weighted by Crippen LogP contribution is 2.36. The SMILES string of the molecule is COC(=O)CC(C)(NC(=NC(=O)OC(C)(C)C)NC1CCOCC1)c1cccc(NC(=O)OCc2ccccc2)c1Cl. The van der Waals surface area contributed by atoms with E-state index in [1.165, 1.54) is 7.11 Å². The van der Waals surface area contributed by atoms with Gasteiger partial charge in [0.2, 0.25) is 5.96 Å². The zero-order chi connectivity index (χ0) is 30.8. The molecule has 0 radical (unpaired) electrons. The molecule has 1 aliphatic heterocycles. The van der Waals surface area contributed by atoms with Crippen LogP contribution in [0.3, 0.4) is 0 Å². The second-order valence-corrected chi connectivity index (χ2v) is 11.4. The third-order valence-corrected chi connectivity index (χ3v) is 6.73. The first-order chi connectivity index (χ1) is 19.9. The number of guanidine groups is 1. The van der Waals surface area contributed by atoms with Crippen molar-refractivity contribution >= 4 is 41.4 Å². The van der Waals surface area contributed by atoms with E-state index in [4.69, 9.17) is 30.5 Å². The van der Waals surface area contributed by atoms with Crippen LogP contribution in [-0.2, 0) is 35.9 Å². The van der Waals surface area contributed by atoms with Gasteiger partial charge in [-0.3, -0.25) is 10.1 Å². The van der Waals surface area contributed by atoms with Gasteiger partial charge in [-0.05, 0) is 57.7 Å². The smallest absolute Gasteiger partial charge is 0.437 e. The van der Waals surface area contributed by atoms with Gasteiger partial charge in [0, 0.05) is 19.3 Å². The number of esters is 1. The van der Waals surface area contributed by atoms with E-state index in [2.05, 4.69) is 20.9 Å². The van der Waals surface area contributed by atoms with Crippen LogP contribution in [0.15, 0.2) is 53.5 Å². The normalized spacial score (nSPS) is 15.6. The first-order valence-electron chi connectivity index (χ1n) is 13.7. The summed E-state index contributed by atoms with van der Waals surface area (Å²) in [6.07, 6.45) is -0.322. The van der Waals surface area contributed by atoms with Gasteiger partial charge in [-0.15, -0.1) is 4.99 Å². The molecule has 0 aromatic heterocycles. The van der Waals surface area contributed by atoms with E-state index >= 15 is 0 Å². The number of ether oxygens (including phenoxy) is 4. The number of rotatable bonds is 8. The number of methoxy groups -OCH3 is 1. The van der Waals surface area contributed by atoms with Gasteiger partial charge >= 0.3 is 18.2 Å². The largest absolute Gasteiger partial charge is 0.469 e. The van der Waals surface area contributed by atoms with Crippen LogP contribution in [0.1, 0.15) is 58.1 Å². The Labute approximate surface area is 251 Å². The van der Waals surface area contributed by atoms with E-state index < -0.39 is 29.3 Å². The molecule has 0 saturated carbocycles. The van der Waals surface area contributed by atoms with Gasteiger partial charge < -0.3 is 29.6 Å². The Morgan fingerprint density at radius 2 is 1.71 bits per heavy atom. The molecule has 1 aliphatic rings. The molecule has 0 bridgehead atoms. The summed E-state index contributed by atoms with van der Waals surface area (Å²) in [5.41, 5.74) is -0.460. The van der Waals surface area contributed by atoms with Crippen molar-refractivity contribution in [2.75, 3.05) is 25.6 Å². The van der Waals surface area contributed by atoms with Crippen LogP contribution >= 0.6 is 11.6 Å². The predicted molar refractivity (Wildman–Crippen MR) is 159 cm³/mol. The minimum atomic E-state index is -1.24. The molecule has 1 atom stereocenters. The highest BCUT2D eigenvalue weighted by Gasteiger charge is 2.35. The van der Waals surface area contributed by atoms with Crippen LogP contribution in [0.5, 0.6) is 0 Å². The zero-order valence-electron chi connectivity index (χ0n) is 24.6. The third kappa shape index (κ3) is 10.2. The minimum absolute atomic E-state index is 0.0438. The first kappa shape index (κ1) is 32.7. The number of hydrogen-bond donors (Lipinski definition) is 3. The lowest BCUT2D eigenvalue weighted by atomic mass is 9.88. The van der Waals surface area contributed by atoms with Crippen molar-refractivity contribution < 1.29 is 33.3 Å². The van der Waals surface area contributed by atoms with Crippen molar-refractivity contribution in [1.82, 2.24) is 10.6 Å². The number of hydrogen-bond acceptors (Lipinski definition) is 7. The van der Waals surface area contributed by atoms with E-state index in [-0.39, 0.29) is 35.7 Å². The molecular formula is C30H39ClN4O7. The number of anilines is 1. The molecule has 0 aliphatic carbocycles. The molecular weight excluding hydrogens is 564 g/mol. The molecule has 1 unspecified atom stereocenters. The summed E-state index contributed by atoms with van der Waals surface area (Å²) in [7, 11) is 1.28. The third-order valence-electron chi connectivity index (χ3n) is 6.32. The van der Waals surface area contributed by atoms with Gasteiger partial charge in [0.1, 0.15) is 12.2 Å². The average Bonchev–Trinajstić information content (AvgIpc) is 2.93. The Hall–Kier alpha value is -3.83. The van der Waals surface area contributed by atoms with Gasteiger partial charge in [-0.2, -0.15) is 0 Å². The lowest BCUT2D eigenvalue weighted by Crippen LogP contribution is -2.54. The summed E-state index contributed by atoms with van der Waals surface area (Å²) in [4.78, 5) is 42.1. The minimum Gasteiger partial charge on any atom is -0.469 e. The maximum atomic E-state index is 12.7. The Balaban J connectivity index is 1.91. The van der Waals surface area contributed by atoms with Crippen molar-refractivity contribution in [2.24, 2.45) is 4.99 Å². The Morgan fingerprint density at radius 3 is 2.36 bits per heavy atom. The Kier molecular flexibility index (Phi) is 11.6. The van der Waals surface area contributed by atoms with Gasteiger partial charge in [-0.1, -0.05) is 54.1 Å². The molecule has 42 heavy (non-hydrogen) atoms. The first-order valence-corrected chi connectivity index (χ1v) is 14.0. The van der Waals surface area contributed by atoms with Crippen molar-refractivity contribution in [3.8, 4) is 0 Å². The molecule has 11 nitrogen and oxygen atoms in total. The fourth-order valence-electron chi connectivity index (χ4n) is 4.26. The number of aliphatic imine (C=N–C) groups is 1. The standard InChI is InChI=1S/C30H39ClN4O7/c1-29(2,3)42-28(38)34-26(32-21-14-16-40-17-15-21)35-30(4,18-24(36)39-5)22-12-9-13-23(25(22)31)33-27(37)41-19-20-10-7-6-8-11-20/h6-13,21H,14-19H2,1-5H3,(H,33,37)(H2,32,34,35,38). The van der Waals surface area contributed by atoms with Gasteiger partial charge in [-0.25, -0.2) is 9.59 Å². The summed E-state index contributed by atoms with van der Waals surface area (Å²) < 4.78 is 21.2. The van der Waals surface area contributed by atoms with Crippen molar-refractivity contribution in [1.29, 1.82) is 0 Å². The van der Waals surface area contributed by atoms with Crippen LogP contribution in [0, 0.1) is 0 Å². The Bertz CT molecular complexity index is 1260. The number of amides is 2. The van der Waals surface area contributed by atoms with E-state index in [1.54, 1.807) is 45.9 Å². The summed E-state index contributed by atoms with van der Waals surface area (Å²) in [6.45, 7) is 8.12.